The second-order valence-electron chi connectivity index (χ2n) is 4.62. The van der Waals surface area contributed by atoms with E-state index in [1.54, 1.807) is 18.3 Å². The Balaban J connectivity index is 2.32. The van der Waals surface area contributed by atoms with E-state index in [2.05, 4.69) is 15.3 Å². The Bertz CT molecular complexity index is 568. The van der Waals surface area contributed by atoms with E-state index >= 15 is 0 Å². The molecule has 2 rings (SSSR count). The number of aromatic nitrogens is 2. The number of aryl methyl sites for hydroxylation is 1. The molecule has 2 heterocycles. The molecule has 0 fully saturated rings. The molecule has 2 aromatic heterocycles. The molecule has 0 radical (unpaired) electrons. The minimum absolute atomic E-state index is 0.225. The summed E-state index contributed by atoms with van der Waals surface area (Å²) < 4.78 is 0. The highest BCUT2D eigenvalue weighted by Crippen LogP contribution is 2.29. The zero-order valence-corrected chi connectivity index (χ0v) is 12.2. The fraction of sp³-hybridized carbons (Fsp3) is 0.500. The highest BCUT2D eigenvalue weighted by Gasteiger charge is 2.18. The summed E-state index contributed by atoms with van der Waals surface area (Å²) in [6, 6.07) is 2.03. The van der Waals surface area contributed by atoms with E-state index < -0.39 is 5.60 Å². The van der Waals surface area contributed by atoms with Crippen LogP contribution in [0.1, 0.15) is 25.1 Å². The highest BCUT2D eigenvalue weighted by atomic mass is 35.5. The molecule has 98 valence electrons. The van der Waals surface area contributed by atoms with Crippen LogP contribution >= 0.6 is 22.9 Å². The second kappa shape index (κ2) is 4.99. The molecule has 0 aromatic carbocycles. The number of halogens is 1. The van der Waals surface area contributed by atoms with Gasteiger partial charge in [0.15, 0.2) is 0 Å². The number of nitrogens with zero attached hydrogens (tertiary/aromatic N) is 2. The van der Waals surface area contributed by atoms with Gasteiger partial charge in [0.05, 0.1) is 11.0 Å². The number of fused-ring (bicyclic) bond motifs is 1. The van der Waals surface area contributed by atoms with Gasteiger partial charge >= 0.3 is 0 Å². The molecule has 4 nitrogen and oxygen atoms in total. The monoisotopic (exact) mass is 285 g/mol. The normalized spacial score (nSPS) is 14.7. The molecule has 0 bridgehead atoms. The van der Waals surface area contributed by atoms with Crippen molar-refractivity contribution in [1.29, 1.82) is 0 Å². The zero-order chi connectivity index (χ0) is 13.3. The van der Waals surface area contributed by atoms with Crippen LogP contribution in [0.15, 0.2) is 6.07 Å². The lowest BCUT2D eigenvalue weighted by molar-refractivity contribution is 0.0697. The minimum atomic E-state index is -0.755. The first-order valence-electron chi connectivity index (χ1n) is 5.81. The Morgan fingerprint density at radius 3 is 2.89 bits per heavy atom. The number of thiophene rings is 1. The molecule has 2 N–H and O–H groups in total. The number of hydrogen-bond acceptors (Lipinski definition) is 5. The molecular formula is C12H16ClN3OS. The van der Waals surface area contributed by atoms with Crippen molar-refractivity contribution in [2.75, 3.05) is 11.9 Å². The summed E-state index contributed by atoms with van der Waals surface area (Å²) in [5.74, 6) is 0.683. The summed E-state index contributed by atoms with van der Waals surface area (Å²) in [4.78, 5) is 10.4. The summed E-state index contributed by atoms with van der Waals surface area (Å²) >= 11 is 7.48. The molecule has 0 spiro atoms. The van der Waals surface area contributed by atoms with Gasteiger partial charge < -0.3 is 10.4 Å². The summed E-state index contributed by atoms with van der Waals surface area (Å²) in [5.41, 5.74) is -0.755. The van der Waals surface area contributed by atoms with Crippen molar-refractivity contribution >= 4 is 39.0 Å². The smallest absolute Gasteiger partial charge is 0.225 e. The lowest BCUT2D eigenvalue weighted by Crippen LogP contribution is -2.32. The van der Waals surface area contributed by atoms with Crippen molar-refractivity contribution in [2.24, 2.45) is 0 Å². The number of anilines is 1. The summed E-state index contributed by atoms with van der Waals surface area (Å²) in [6.45, 7) is 6.19. The van der Waals surface area contributed by atoms with E-state index in [1.807, 2.05) is 19.9 Å². The fourth-order valence-corrected chi connectivity index (χ4v) is 2.65. The molecular weight excluding hydrogens is 270 g/mol. The molecule has 0 aliphatic rings. The van der Waals surface area contributed by atoms with Crippen molar-refractivity contribution in [3.05, 3.63) is 16.2 Å². The van der Waals surface area contributed by atoms with Crippen LogP contribution in [-0.2, 0) is 0 Å². The molecule has 6 heteroatoms. The molecule has 18 heavy (non-hydrogen) atoms. The van der Waals surface area contributed by atoms with Crippen molar-refractivity contribution < 1.29 is 5.11 Å². The van der Waals surface area contributed by atoms with Crippen molar-refractivity contribution in [2.45, 2.75) is 32.8 Å². The first-order chi connectivity index (χ1) is 8.41. The van der Waals surface area contributed by atoms with Gasteiger partial charge in [-0.15, -0.1) is 11.3 Å². The van der Waals surface area contributed by atoms with Crippen LogP contribution < -0.4 is 5.32 Å². The zero-order valence-electron chi connectivity index (χ0n) is 10.6. The Hall–Kier alpha value is -0.910. The van der Waals surface area contributed by atoms with Crippen LogP contribution in [0.2, 0.25) is 5.28 Å². The maximum absolute atomic E-state index is 9.99. The number of hydrogen-bond donors (Lipinski definition) is 2. The molecule has 0 aliphatic heterocycles. The van der Waals surface area contributed by atoms with Crippen molar-refractivity contribution in [3.63, 3.8) is 0 Å². The quantitative estimate of drug-likeness (QED) is 0.847. The molecule has 0 amide bonds. The van der Waals surface area contributed by atoms with E-state index in [-0.39, 0.29) is 5.28 Å². The average Bonchev–Trinajstić information content (AvgIpc) is 2.66. The predicted octanol–water partition coefficient (Wildman–Crippen LogP) is 3.23. The van der Waals surface area contributed by atoms with Crippen LogP contribution in [0.5, 0.6) is 0 Å². The first-order valence-corrected chi connectivity index (χ1v) is 7.00. The van der Waals surface area contributed by atoms with Gasteiger partial charge in [0.1, 0.15) is 10.6 Å². The maximum Gasteiger partial charge on any atom is 0.225 e. The van der Waals surface area contributed by atoms with Crippen LogP contribution in [0.3, 0.4) is 0 Å². The van der Waals surface area contributed by atoms with Gasteiger partial charge in [0.25, 0.3) is 0 Å². The lowest BCUT2D eigenvalue weighted by atomic mass is 10.0. The molecule has 2 aromatic rings. The molecule has 1 unspecified atom stereocenters. The summed E-state index contributed by atoms with van der Waals surface area (Å²) in [6.07, 6.45) is 0.671. The van der Waals surface area contributed by atoms with Gasteiger partial charge in [-0.05, 0) is 37.9 Å². The van der Waals surface area contributed by atoms with Crippen LogP contribution in [0, 0.1) is 6.92 Å². The molecule has 1 atom stereocenters. The third-order valence-corrected chi connectivity index (χ3v) is 4.00. The van der Waals surface area contributed by atoms with E-state index in [0.717, 1.165) is 15.1 Å². The van der Waals surface area contributed by atoms with Crippen molar-refractivity contribution in [1.82, 2.24) is 9.97 Å². The first kappa shape index (κ1) is 13.5. The van der Waals surface area contributed by atoms with Crippen LogP contribution in [0.25, 0.3) is 10.2 Å². The van der Waals surface area contributed by atoms with E-state index in [9.17, 15) is 5.11 Å². The Labute approximate surface area is 115 Å². The largest absolute Gasteiger partial charge is 0.388 e. The fourth-order valence-electron chi connectivity index (χ4n) is 1.55. The van der Waals surface area contributed by atoms with Gasteiger partial charge in [-0.3, -0.25) is 0 Å². The number of nitrogens with one attached hydrogen (secondary N) is 1. The van der Waals surface area contributed by atoms with Gasteiger partial charge in [-0.2, -0.15) is 0 Å². The van der Waals surface area contributed by atoms with Gasteiger partial charge in [0.2, 0.25) is 5.28 Å². The maximum atomic E-state index is 9.99. The SMILES string of the molecule is CCC(C)(O)CNc1nc(Cl)nc2sc(C)cc12. The van der Waals surface area contributed by atoms with Crippen molar-refractivity contribution in [3.8, 4) is 0 Å². The van der Waals surface area contributed by atoms with Crippen LogP contribution in [0.4, 0.5) is 5.82 Å². The third kappa shape index (κ3) is 2.91. The van der Waals surface area contributed by atoms with Gasteiger partial charge in [0, 0.05) is 11.4 Å². The predicted molar refractivity (Wildman–Crippen MR) is 76.6 cm³/mol. The van der Waals surface area contributed by atoms with Gasteiger partial charge in [-0.25, -0.2) is 9.97 Å². The van der Waals surface area contributed by atoms with Gasteiger partial charge in [-0.1, -0.05) is 6.92 Å². The number of aliphatic hydroxyl groups is 1. The Morgan fingerprint density at radius 2 is 2.22 bits per heavy atom. The topological polar surface area (TPSA) is 58.0 Å². The van der Waals surface area contributed by atoms with E-state index in [1.165, 1.54) is 0 Å². The Kier molecular flexibility index (Phi) is 3.75. The standard InChI is InChI=1S/C12H16ClN3OS/c1-4-12(3,17)6-14-9-8-5-7(2)18-10(8)16-11(13)15-9/h5,17H,4,6H2,1-3H3,(H,14,15,16). The van der Waals surface area contributed by atoms with E-state index in [0.29, 0.717) is 18.8 Å². The molecule has 0 saturated heterocycles. The highest BCUT2D eigenvalue weighted by molar-refractivity contribution is 7.18. The average molecular weight is 286 g/mol. The second-order valence-corrected chi connectivity index (χ2v) is 6.19. The minimum Gasteiger partial charge on any atom is -0.388 e. The summed E-state index contributed by atoms with van der Waals surface area (Å²) in [7, 11) is 0. The third-order valence-electron chi connectivity index (χ3n) is 2.89. The molecule has 0 saturated carbocycles. The lowest BCUT2D eigenvalue weighted by Gasteiger charge is -2.22. The number of rotatable bonds is 4. The Morgan fingerprint density at radius 1 is 1.50 bits per heavy atom. The van der Waals surface area contributed by atoms with E-state index in [4.69, 9.17) is 11.6 Å². The van der Waals surface area contributed by atoms with Crippen LogP contribution in [-0.4, -0.2) is 27.2 Å². The summed E-state index contributed by atoms with van der Waals surface area (Å²) in [5, 5.41) is 14.3. The molecule has 0 aliphatic carbocycles.